The molecule has 2 nitrogen and oxygen atoms in total. The number of nitrogens with one attached hydrogen (secondary N) is 1. The summed E-state index contributed by atoms with van der Waals surface area (Å²) in [5.74, 6) is 5.92. The first-order valence-electron chi connectivity index (χ1n) is 5.97. The normalized spacial score (nSPS) is 13.1. The van der Waals surface area contributed by atoms with Crippen LogP contribution in [-0.4, -0.2) is 11.5 Å². The minimum absolute atomic E-state index is 0.136. The Morgan fingerprint density at radius 3 is 2.53 bits per heavy atom. The molecule has 1 atom stereocenters. The second-order valence-electron chi connectivity index (χ2n) is 5.25. The van der Waals surface area contributed by atoms with E-state index in [-0.39, 0.29) is 5.41 Å². The van der Waals surface area contributed by atoms with Crippen LogP contribution in [0.2, 0.25) is 0 Å². The zero-order valence-corrected chi connectivity index (χ0v) is 12.5. The standard InChI is InChI=1S/C14H22N2S/c1-7-8-9-15-10(2)12-11(3)16-13(17-12)14(4,5)6/h10,15H,9H2,1-6H3. The van der Waals surface area contributed by atoms with Crippen molar-refractivity contribution in [3.05, 3.63) is 15.6 Å². The Morgan fingerprint density at radius 1 is 1.41 bits per heavy atom. The van der Waals surface area contributed by atoms with E-state index in [0.29, 0.717) is 6.04 Å². The molecule has 17 heavy (non-hydrogen) atoms. The van der Waals surface area contributed by atoms with Crippen LogP contribution in [0, 0.1) is 18.8 Å². The number of aromatic nitrogens is 1. The molecular weight excluding hydrogens is 228 g/mol. The molecule has 1 heterocycles. The van der Waals surface area contributed by atoms with Crippen LogP contribution in [0.4, 0.5) is 0 Å². The van der Waals surface area contributed by atoms with Gasteiger partial charge in [0.2, 0.25) is 0 Å². The van der Waals surface area contributed by atoms with E-state index in [0.717, 1.165) is 12.2 Å². The largest absolute Gasteiger partial charge is 0.299 e. The first kappa shape index (κ1) is 14.2. The zero-order chi connectivity index (χ0) is 13.1. The molecule has 0 amide bonds. The maximum atomic E-state index is 4.67. The van der Waals surface area contributed by atoms with Gasteiger partial charge < -0.3 is 0 Å². The van der Waals surface area contributed by atoms with E-state index in [9.17, 15) is 0 Å². The van der Waals surface area contributed by atoms with Gasteiger partial charge in [0, 0.05) is 16.3 Å². The van der Waals surface area contributed by atoms with Gasteiger partial charge in [-0.15, -0.1) is 17.3 Å². The average Bonchev–Trinajstić information content (AvgIpc) is 2.60. The van der Waals surface area contributed by atoms with E-state index in [1.54, 1.807) is 0 Å². The molecule has 0 aromatic carbocycles. The Bertz CT molecular complexity index is 429. The summed E-state index contributed by atoms with van der Waals surface area (Å²) in [5, 5.41) is 4.61. The minimum Gasteiger partial charge on any atom is -0.299 e. The van der Waals surface area contributed by atoms with Gasteiger partial charge in [0.25, 0.3) is 0 Å². The quantitative estimate of drug-likeness (QED) is 0.831. The molecule has 0 fully saturated rings. The molecule has 0 aliphatic heterocycles. The Balaban J connectivity index is 2.83. The van der Waals surface area contributed by atoms with Gasteiger partial charge in [-0.3, -0.25) is 5.32 Å². The number of hydrogen-bond donors (Lipinski definition) is 1. The lowest BCUT2D eigenvalue weighted by atomic mass is 9.98. The first-order valence-corrected chi connectivity index (χ1v) is 6.78. The summed E-state index contributed by atoms with van der Waals surface area (Å²) >= 11 is 1.81. The molecule has 1 aromatic rings. The topological polar surface area (TPSA) is 24.9 Å². The summed E-state index contributed by atoms with van der Waals surface area (Å²) in [5.41, 5.74) is 1.28. The fourth-order valence-corrected chi connectivity index (χ4v) is 2.67. The average molecular weight is 250 g/mol. The SMILES string of the molecule is CC#CCNC(C)c1sc(C(C)(C)C)nc1C. The number of aryl methyl sites for hydroxylation is 1. The van der Waals surface area contributed by atoms with E-state index in [4.69, 9.17) is 0 Å². The molecule has 0 aliphatic rings. The third-order valence-electron chi connectivity index (χ3n) is 2.54. The van der Waals surface area contributed by atoms with Crippen molar-refractivity contribution in [2.45, 2.75) is 53.0 Å². The number of nitrogens with zero attached hydrogens (tertiary/aromatic N) is 1. The molecule has 1 rings (SSSR count). The molecule has 1 N–H and O–H groups in total. The molecular formula is C14H22N2S. The molecule has 0 aliphatic carbocycles. The molecule has 0 bridgehead atoms. The van der Waals surface area contributed by atoms with Gasteiger partial charge in [0.15, 0.2) is 0 Å². The van der Waals surface area contributed by atoms with Crippen molar-refractivity contribution < 1.29 is 0 Å². The minimum atomic E-state index is 0.136. The Kier molecular flexibility index (Phi) is 4.73. The lowest BCUT2D eigenvalue weighted by Crippen LogP contribution is -2.18. The van der Waals surface area contributed by atoms with Crippen molar-refractivity contribution in [1.29, 1.82) is 0 Å². The van der Waals surface area contributed by atoms with Crippen LogP contribution in [0.1, 0.15) is 56.2 Å². The van der Waals surface area contributed by atoms with Crippen LogP contribution in [0.5, 0.6) is 0 Å². The highest BCUT2D eigenvalue weighted by Crippen LogP contribution is 2.32. The van der Waals surface area contributed by atoms with Crippen LogP contribution in [0.15, 0.2) is 0 Å². The van der Waals surface area contributed by atoms with Crippen molar-refractivity contribution in [3.8, 4) is 11.8 Å². The van der Waals surface area contributed by atoms with Crippen molar-refractivity contribution in [2.75, 3.05) is 6.54 Å². The Hall–Kier alpha value is -0.850. The summed E-state index contributed by atoms with van der Waals surface area (Å²) < 4.78 is 0. The van der Waals surface area contributed by atoms with Crippen molar-refractivity contribution in [1.82, 2.24) is 10.3 Å². The third kappa shape index (κ3) is 3.83. The van der Waals surface area contributed by atoms with Crippen LogP contribution in [0.3, 0.4) is 0 Å². The van der Waals surface area contributed by atoms with Gasteiger partial charge in [-0.25, -0.2) is 4.98 Å². The lowest BCUT2D eigenvalue weighted by molar-refractivity contribution is 0.583. The van der Waals surface area contributed by atoms with E-state index in [1.165, 1.54) is 9.88 Å². The summed E-state index contributed by atoms with van der Waals surface area (Å²) in [6.07, 6.45) is 0. The van der Waals surface area contributed by atoms with Gasteiger partial charge in [-0.1, -0.05) is 26.7 Å². The third-order valence-corrected chi connectivity index (χ3v) is 4.31. The van der Waals surface area contributed by atoms with Crippen molar-refractivity contribution in [2.24, 2.45) is 0 Å². The number of hydrogen-bond acceptors (Lipinski definition) is 3. The summed E-state index contributed by atoms with van der Waals surface area (Å²) in [6, 6.07) is 0.324. The highest BCUT2D eigenvalue weighted by atomic mass is 32.1. The molecule has 1 aromatic heterocycles. The number of thiazole rings is 1. The Labute approximate surface area is 109 Å². The predicted octanol–water partition coefficient (Wildman–Crippen LogP) is 3.42. The van der Waals surface area contributed by atoms with E-state index < -0.39 is 0 Å². The maximum absolute atomic E-state index is 4.67. The predicted molar refractivity (Wildman–Crippen MR) is 75.4 cm³/mol. The van der Waals surface area contributed by atoms with Gasteiger partial charge in [-0.05, 0) is 20.8 Å². The molecule has 3 heteroatoms. The molecule has 94 valence electrons. The van der Waals surface area contributed by atoms with E-state index in [2.05, 4.69) is 56.8 Å². The van der Waals surface area contributed by atoms with E-state index in [1.807, 2.05) is 18.3 Å². The van der Waals surface area contributed by atoms with Crippen LogP contribution in [-0.2, 0) is 5.41 Å². The van der Waals surface area contributed by atoms with Gasteiger partial charge in [0.05, 0.1) is 17.2 Å². The number of rotatable bonds is 3. The zero-order valence-electron chi connectivity index (χ0n) is 11.6. The fraction of sp³-hybridized carbons (Fsp3) is 0.643. The maximum Gasteiger partial charge on any atom is 0.0985 e. The van der Waals surface area contributed by atoms with Crippen LogP contribution in [0.25, 0.3) is 0 Å². The monoisotopic (exact) mass is 250 g/mol. The van der Waals surface area contributed by atoms with Gasteiger partial charge >= 0.3 is 0 Å². The van der Waals surface area contributed by atoms with Crippen LogP contribution < -0.4 is 5.32 Å². The second-order valence-corrected chi connectivity index (χ2v) is 6.28. The van der Waals surface area contributed by atoms with Gasteiger partial charge in [0.1, 0.15) is 0 Å². The molecule has 0 saturated carbocycles. The first-order chi connectivity index (χ1) is 7.86. The van der Waals surface area contributed by atoms with Crippen molar-refractivity contribution >= 4 is 11.3 Å². The van der Waals surface area contributed by atoms with E-state index >= 15 is 0 Å². The van der Waals surface area contributed by atoms with Gasteiger partial charge in [-0.2, -0.15) is 0 Å². The highest BCUT2D eigenvalue weighted by Gasteiger charge is 2.21. The molecule has 0 radical (unpaired) electrons. The fourth-order valence-electron chi connectivity index (χ4n) is 1.52. The molecule has 0 spiro atoms. The molecule has 1 unspecified atom stereocenters. The van der Waals surface area contributed by atoms with Crippen LogP contribution >= 0.6 is 11.3 Å². The lowest BCUT2D eigenvalue weighted by Gasteiger charge is -2.14. The smallest absolute Gasteiger partial charge is 0.0985 e. The van der Waals surface area contributed by atoms with Crippen molar-refractivity contribution in [3.63, 3.8) is 0 Å². The molecule has 0 saturated heterocycles. The highest BCUT2D eigenvalue weighted by molar-refractivity contribution is 7.12. The Morgan fingerprint density at radius 2 is 2.06 bits per heavy atom. The summed E-state index contributed by atoms with van der Waals surface area (Å²) in [7, 11) is 0. The summed E-state index contributed by atoms with van der Waals surface area (Å²) in [4.78, 5) is 6.00. The second kappa shape index (κ2) is 5.66. The summed E-state index contributed by atoms with van der Waals surface area (Å²) in [6.45, 7) is 13.5.